The Morgan fingerprint density at radius 1 is 1.18 bits per heavy atom. The van der Waals surface area contributed by atoms with Crippen LogP contribution in [-0.4, -0.2) is 48.8 Å². The van der Waals surface area contributed by atoms with Gasteiger partial charge in [0.2, 0.25) is 0 Å². The molecule has 0 unspecified atom stereocenters. The third-order valence-corrected chi connectivity index (χ3v) is 5.81. The molecule has 1 aliphatic heterocycles. The van der Waals surface area contributed by atoms with Gasteiger partial charge in [0, 0.05) is 36.8 Å². The van der Waals surface area contributed by atoms with Crippen LogP contribution in [-0.2, 0) is 16.1 Å². The van der Waals surface area contributed by atoms with Crippen molar-refractivity contribution in [2.45, 2.75) is 39.0 Å². The van der Waals surface area contributed by atoms with Gasteiger partial charge in [0.15, 0.2) is 6.29 Å². The second-order valence-electron chi connectivity index (χ2n) is 8.44. The second kappa shape index (κ2) is 12.0. The molecule has 0 spiro atoms. The zero-order valence-electron chi connectivity index (χ0n) is 19.7. The molecule has 0 aromatic heterocycles. The monoisotopic (exact) mass is 453 g/mol. The molecule has 7 heteroatoms. The van der Waals surface area contributed by atoms with Crippen molar-refractivity contribution in [3.63, 3.8) is 0 Å². The predicted octanol–water partition coefficient (Wildman–Crippen LogP) is 4.23. The van der Waals surface area contributed by atoms with Gasteiger partial charge < -0.3 is 30.1 Å². The third-order valence-electron chi connectivity index (χ3n) is 5.81. The number of rotatable bonds is 9. The van der Waals surface area contributed by atoms with E-state index in [-0.39, 0.29) is 30.8 Å². The van der Waals surface area contributed by atoms with E-state index in [1.165, 1.54) is 0 Å². The molecule has 178 valence electrons. The summed E-state index contributed by atoms with van der Waals surface area (Å²) in [5.41, 5.74) is 3.42. The first-order valence-electron chi connectivity index (χ1n) is 11.4. The van der Waals surface area contributed by atoms with E-state index in [1.54, 1.807) is 0 Å². The molecule has 7 nitrogen and oxygen atoms in total. The zero-order chi connectivity index (χ0) is 23.8. The Kier molecular flexibility index (Phi) is 9.03. The normalized spacial score (nSPS) is 22.7. The summed E-state index contributed by atoms with van der Waals surface area (Å²) in [6.07, 6.45) is 1.04. The Morgan fingerprint density at radius 2 is 1.94 bits per heavy atom. The fourth-order valence-electron chi connectivity index (χ4n) is 4.03. The fraction of sp³-hybridized carbons (Fsp3) is 0.423. The van der Waals surface area contributed by atoms with Crippen LogP contribution in [0.5, 0.6) is 0 Å². The number of carbonyl (C=O) groups excluding carboxylic acids is 1. The minimum atomic E-state index is -0.582. The number of amides is 2. The first-order chi connectivity index (χ1) is 15.9. The van der Waals surface area contributed by atoms with Gasteiger partial charge in [-0.25, -0.2) is 4.79 Å². The largest absolute Gasteiger partial charge is 0.392 e. The average Bonchev–Trinajstić information content (AvgIpc) is 2.81. The van der Waals surface area contributed by atoms with E-state index in [1.807, 2.05) is 68.6 Å². The maximum Gasteiger partial charge on any atom is 0.319 e. The summed E-state index contributed by atoms with van der Waals surface area (Å²) in [4.78, 5) is 14.1. The Morgan fingerprint density at radius 3 is 2.61 bits per heavy atom. The van der Waals surface area contributed by atoms with Gasteiger partial charge in [-0.3, -0.25) is 0 Å². The maximum atomic E-state index is 12.0. The van der Waals surface area contributed by atoms with E-state index < -0.39 is 6.29 Å². The molecule has 1 saturated heterocycles. The molecule has 1 fully saturated rings. The van der Waals surface area contributed by atoms with E-state index >= 15 is 0 Å². The second-order valence-corrected chi connectivity index (χ2v) is 8.44. The molecule has 2 aromatic carbocycles. The van der Waals surface area contributed by atoms with Gasteiger partial charge in [0.05, 0.1) is 18.8 Å². The zero-order valence-corrected chi connectivity index (χ0v) is 19.7. The van der Waals surface area contributed by atoms with Crippen LogP contribution in [0.25, 0.3) is 0 Å². The number of benzene rings is 2. The van der Waals surface area contributed by atoms with E-state index in [0.717, 1.165) is 29.8 Å². The van der Waals surface area contributed by atoms with Crippen LogP contribution in [0, 0.1) is 5.92 Å². The molecule has 3 rings (SSSR count). The van der Waals surface area contributed by atoms with Crippen LogP contribution in [0.4, 0.5) is 10.5 Å². The van der Waals surface area contributed by atoms with Crippen LogP contribution in [0.15, 0.2) is 61.2 Å². The Labute approximate surface area is 196 Å². The predicted molar refractivity (Wildman–Crippen MR) is 130 cm³/mol. The molecule has 4 atom stereocenters. The number of urea groups is 1. The van der Waals surface area contributed by atoms with Gasteiger partial charge in [0.25, 0.3) is 0 Å². The lowest BCUT2D eigenvalue weighted by Crippen LogP contribution is -2.43. The average molecular weight is 454 g/mol. The van der Waals surface area contributed by atoms with Crippen molar-refractivity contribution in [2.75, 3.05) is 32.0 Å². The number of nitrogens with zero attached hydrogens (tertiary/aromatic N) is 1. The number of aliphatic hydroxyl groups is 1. The minimum absolute atomic E-state index is 0.00741. The summed E-state index contributed by atoms with van der Waals surface area (Å²) in [6, 6.07) is 15.2. The Hall–Kier alpha value is -2.71. The molecule has 0 bridgehead atoms. The quantitative estimate of drug-likeness (QED) is 0.495. The van der Waals surface area contributed by atoms with E-state index in [9.17, 15) is 9.90 Å². The SMILES string of the molecule is C=CCN(C)C[C@@H]1O[C@H](c2cccc(NC(=O)NCC)c2)O[C@H](c2ccc(CO)cc2)[C@@H]1C. The van der Waals surface area contributed by atoms with E-state index in [2.05, 4.69) is 29.0 Å². The van der Waals surface area contributed by atoms with Crippen LogP contribution < -0.4 is 10.6 Å². The number of likely N-dealkylation sites (N-methyl/N-ethyl adjacent to an activating group) is 1. The standard InChI is InChI=1S/C26H35N3O4/c1-5-14-29(4)16-23-18(3)24(20-12-10-19(17-30)11-13-20)33-25(32-23)21-8-7-9-22(15-21)28-26(31)27-6-2/h5,7-13,15,18,23-25,30H,1,6,14,16-17H2,2-4H3,(H2,27,28,31)/t18-,23+,24+,25+/m1/s1. The lowest BCUT2D eigenvalue weighted by Gasteiger charge is -2.42. The van der Waals surface area contributed by atoms with Gasteiger partial charge in [-0.05, 0) is 37.2 Å². The van der Waals surface area contributed by atoms with E-state index in [0.29, 0.717) is 12.2 Å². The van der Waals surface area contributed by atoms with Crippen molar-refractivity contribution in [3.05, 3.63) is 77.9 Å². The molecular weight excluding hydrogens is 418 g/mol. The molecule has 1 aliphatic rings. The Balaban J connectivity index is 1.87. The molecule has 0 saturated carbocycles. The van der Waals surface area contributed by atoms with Crippen LogP contribution in [0.1, 0.15) is 42.9 Å². The number of aliphatic hydroxyl groups excluding tert-OH is 1. The summed E-state index contributed by atoms with van der Waals surface area (Å²) in [5, 5.41) is 15.0. The summed E-state index contributed by atoms with van der Waals surface area (Å²) in [5.74, 6) is 0.102. The van der Waals surface area contributed by atoms with E-state index in [4.69, 9.17) is 9.47 Å². The number of ether oxygens (including phenoxy) is 2. The lowest BCUT2D eigenvalue weighted by atomic mass is 9.90. The van der Waals surface area contributed by atoms with Crippen LogP contribution in [0.2, 0.25) is 0 Å². The number of hydrogen-bond acceptors (Lipinski definition) is 5. The van der Waals surface area contributed by atoms with Gasteiger partial charge in [-0.2, -0.15) is 0 Å². The third kappa shape index (κ3) is 6.65. The molecule has 2 amide bonds. The number of nitrogens with one attached hydrogen (secondary N) is 2. The van der Waals surface area contributed by atoms with Crippen molar-refractivity contribution in [3.8, 4) is 0 Å². The fourth-order valence-corrected chi connectivity index (χ4v) is 4.03. The van der Waals surface area contributed by atoms with Gasteiger partial charge >= 0.3 is 6.03 Å². The van der Waals surface area contributed by atoms with Crippen LogP contribution in [0.3, 0.4) is 0 Å². The van der Waals surface area contributed by atoms with Gasteiger partial charge in [-0.1, -0.05) is 49.4 Å². The molecule has 33 heavy (non-hydrogen) atoms. The first kappa shape index (κ1) is 24.9. The highest BCUT2D eigenvalue weighted by molar-refractivity contribution is 5.89. The summed E-state index contributed by atoms with van der Waals surface area (Å²) < 4.78 is 12.9. The molecular formula is C26H35N3O4. The van der Waals surface area contributed by atoms with Crippen molar-refractivity contribution in [2.24, 2.45) is 5.92 Å². The molecule has 0 aliphatic carbocycles. The van der Waals surface area contributed by atoms with Crippen molar-refractivity contribution < 1.29 is 19.4 Å². The molecule has 0 radical (unpaired) electrons. The molecule has 2 aromatic rings. The smallest absolute Gasteiger partial charge is 0.319 e. The number of hydrogen-bond donors (Lipinski definition) is 3. The van der Waals surface area contributed by atoms with Gasteiger partial charge in [0.1, 0.15) is 0 Å². The highest BCUT2D eigenvalue weighted by Crippen LogP contribution is 2.42. The highest BCUT2D eigenvalue weighted by Gasteiger charge is 2.38. The number of anilines is 1. The van der Waals surface area contributed by atoms with Crippen molar-refractivity contribution >= 4 is 11.7 Å². The molecule has 3 N–H and O–H groups in total. The van der Waals surface area contributed by atoms with Crippen LogP contribution >= 0.6 is 0 Å². The minimum Gasteiger partial charge on any atom is -0.392 e. The van der Waals surface area contributed by atoms with Crippen molar-refractivity contribution in [1.29, 1.82) is 0 Å². The maximum absolute atomic E-state index is 12.0. The summed E-state index contributed by atoms with van der Waals surface area (Å²) in [7, 11) is 2.05. The molecule has 1 heterocycles. The topological polar surface area (TPSA) is 83.1 Å². The van der Waals surface area contributed by atoms with Crippen molar-refractivity contribution in [1.82, 2.24) is 10.2 Å². The highest BCUT2D eigenvalue weighted by atomic mass is 16.7. The number of carbonyl (C=O) groups is 1. The Bertz CT molecular complexity index is 918. The summed E-state index contributed by atoms with van der Waals surface area (Å²) >= 11 is 0. The lowest BCUT2D eigenvalue weighted by molar-refractivity contribution is -0.275. The van der Waals surface area contributed by atoms with Gasteiger partial charge in [-0.15, -0.1) is 6.58 Å². The summed E-state index contributed by atoms with van der Waals surface area (Å²) in [6.45, 7) is 9.90. The first-order valence-corrected chi connectivity index (χ1v) is 11.4.